The van der Waals surface area contributed by atoms with Crippen molar-refractivity contribution >= 4 is 38.7 Å². The third-order valence-corrected chi connectivity index (χ3v) is 4.91. The van der Waals surface area contributed by atoms with Crippen LogP contribution in [0.25, 0.3) is 0 Å². The molecule has 0 heterocycles. The molecule has 6 nitrogen and oxygen atoms in total. The Morgan fingerprint density at radius 2 is 1.75 bits per heavy atom. The molecule has 1 unspecified atom stereocenters. The van der Waals surface area contributed by atoms with Crippen molar-refractivity contribution in [2.24, 2.45) is 0 Å². The number of carbonyl (C=O) groups is 1. The van der Waals surface area contributed by atoms with Crippen LogP contribution in [-0.2, 0) is 19.5 Å². The second-order valence-corrected chi connectivity index (χ2v) is 8.17. The van der Waals surface area contributed by atoms with Crippen molar-refractivity contribution in [3.8, 4) is 0 Å². The summed E-state index contributed by atoms with van der Waals surface area (Å²) in [7, 11) is 1.13. The molecule has 0 spiro atoms. The monoisotopic (exact) mass is 401 g/mol. The number of alkyl halides is 2. The van der Waals surface area contributed by atoms with Gasteiger partial charge >= 0.3 is 5.97 Å². The Hall–Kier alpha value is 0.107. The van der Waals surface area contributed by atoms with Gasteiger partial charge in [0, 0.05) is 9.52 Å². The zero-order chi connectivity index (χ0) is 18.0. The summed E-state index contributed by atoms with van der Waals surface area (Å²) in [6, 6.07) is 2.71. The van der Waals surface area contributed by atoms with E-state index in [4.69, 9.17) is 33.2 Å². The van der Waals surface area contributed by atoms with Gasteiger partial charge in [-0.3, -0.25) is 0 Å². The second kappa shape index (κ2) is 17.9. The van der Waals surface area contributed by atoms with Gasteiger partial charge in [-0.15, -0.1) is 0 Å². The Kier molecular flexibility index (Phi) is 18.0. The predicted molar refractivity (Wildman–Crippen MR) is 96.4 cm³/mol. The number of unbranched alkanes of at least 4 members (excludes halogenated alkanes) is 6. The van der Waals surface area contributed by atoms with Crippen molar-refractivity contribution in [3.05, 3.63) is 0 Å². The first kappa shape index (κ1) is 24.1. The molecule has 0 saturated carbocycles. The van der Waals surface area contributed by atoms with Crippen molar-refractivity contribution in [2.45, 2.75) is 75.1 Å². The molecule has 9 heteroatoms. The van der Waals surface area contributed by atoms with E-state index < -0.39 is 17.1 Å². The Labute approximate surface area is 157 Å². The van der Waals surface area contributed by atoms with E-state index >= 15 is 0 Å². The number of rotatable bonds is 17. The largest absolute Gasteiger partial charge is 0.429 e. The third kappa shape index (κ3) is 15.6. The van der Waals surface area contributed by atoms with E-state index in [1.807, 2.05) is 0 Å². The maximum Gasteiger partial charge on any atom is 0.341 e. The molecule has 0 bridgehead atoms. The minimum atomic E-state index is -1.31. The highest BCUT2D eigenvalue weighted by Gasteiger charge is 2.20. The predicted octanol–water partition coefficient (Wildman–Crippen LogP) is 3.96. The summed E-state index contributed by atoms with van der Waals surface area (Å²) in [5, 5.41) is 14.9. The molecule has 0 aliphatic carbocycles. The molecule has 2 N–H and O–H groups in total. The van der Waals surface area contributed by atoms with Crippen LogP contribution in [0.3, 0.4) is 0 Å². The lowest BCUT2D eigenvalue weighted by molar-refractivity contribution is -0.524. The molecule has 24 heavy (non-hydrogen) atoms. The summed E-state index contributed by atoms with van der Waals surface area (Å²) in [5.41, 5.74) is 0. The van der Waals surface area contributed by atoms with Gasteiger partial charge in [-0.05, 0) is 13.0 Å². The van der Waals surface area contributed by atoms with Crippen molar-refractivity contribution < 1.29 is 24.7 Å². The fourth-order valence-electron chi connectivity index (χ4n) is 2.10. The van der Waals surface area contributed by atoms with E-state index in [0.717, 1.165) is 28.9 Å². The Balaban J connectivity index is 3.47. The van der Waals surface area contributed by atoms with E-state index in [2.05, 4.69) is 22.2 Å². The average molecular weight is 402 g/mol. The lowest BCUT2D eigenvalue weighted by atomic mass is 10.1. The van der Waals surface area contributed by atoms with Crippen LogP contribution in [0, 0.1) is 0 Å². The molecule has 0 aliphatic rings. The first-order valence-electron chi connectivity index (χ1n) is 8.48. The molecule has 0 rings (SSSR count). The SMILES string of the molecule is CC[Si]CCCCCCCCCNCC(OOO)OC(=O)C(Cl)Cl. The van der Waals surface area contributed by atoms with Gasteiger partial charge in [0.15, 0.2) is 0 Å². The Morgan fingerprint density at radius 1 is 1.12 bits per heavy atom. The number of nitrogens with one attached hydrogen (secondary N) is 1. The average Bonchev–Trinajstić information content (AvgIpc) is 2.55. The van der Waals surface area contributed by atoms with Crippen molar-refractivity contribution in [3.63, 3.8) is 0 Å². The minimum Gasteiger partial charge on any atom is -0.429 e. The molecular weight excluding hydrogens is 373 g/mol. The van der Waals surface area contributed by atoms with E-state index in [9.17, 15) is 4.79 Å². The zero-order valence-corrected chi connectivity index (χ0v) is 16.8. The fourth-order valence-corrected chi connectivity index (χ4v) is 3.06. The van der Waals surface area contributed by atoms with Gasteiger partial charge in [-0.2, -0.15) is 4.89 Å². The van der Waals surface area contributed by atoms with Gasteiger partial charge in [0.1, 0.15) is 0 Å². The second-order valence-electron chi connectivity index (χ2n) is 5.37. The van der Waals surface area contributed by atoms with Crippen LogP contribution >= 0.6 is 23.2 Å². The highest BCUT2D eigenvalue weighted by atomic mass is 35.5. The number of ether oxygens (including phenoxy) is 1. The Morgan fingerprint density at radius 3 is 2.33 bits per heavy atom. The lowest BCUT2D eigenvalue weighted by Gasteiger charge is -2.16. The molecule has 2 radical (unpaired) electrons. The lowest BCUT2D eigenvalue weighted by Crippen LogP contribution is -2.35. The summed E-state index contributed by atoms with van der Waals surface area (Å²) >= 11 is 10.7. The van der Waals surface area contributed by atoms with Crippen LogP contribution in [0.1, 0.15) is 51.9 Å². The summed E-state index contributed by atoms with van der Waals surface area (Å²) in [5.74, 6) is -0.860. The van der Waals surface area contributed by atoms with Crippen LogP contribution in [0.5, 0.6) is 0 Å². The molecular formula is C15H29Cl2NO5Si. The van der Waals surface area contributed by atoms with Crippen molar-refractivity contribution in [1.29, 1.82) is 0 Å². The highest BCUT2D eigenvalue weighted by Crippen LogP contribution is 2.09. The smallest absolute Gasteiger partial charge is 0.341 e. The molecule has 0 aromatic carbocycles. The van der Waals surface area contributed by atoms with Gasteiger partial charge in [0.25, 0.3) is 0 Å². The molecule has 0 saturated heterocycles. The number of carbonyl (C=O) groups excluding carboxylic acids is 1. The normalized spacial score (nSPS) is 12.5. The Bertz CT molecular complexity index is 301. The maximum absolute atomic E-state index is 11.2. The van der Waals surface area contributed by atoms with Gasteiger partial charge in [0.05, 0.1) is 6.54 Å². The highest BCUT2D eigenvalue weighted by molar-refractivity contribution is 6.52. The maximum atomic E-state index is 11.2. The van der Waals surface area contributed by atoms with Crippen LogP contribution in [0.4, 0.5) is 0 Å². The third-order valence-electron chi connectivity index (χ3n) is 3.34. The molecule has 0 aliphatic heterocycles. The molecule has 1 atom stereocenters. The van der Waals surface area contributed by atoms with Crippen LogP contribution < -0.4 is 5.32 Å². The van der Waals surface area contributed by atoms with E-state index in [-0.39, 0.29) is 6.54 Å². The summed E-state index contributed by atoms with van der Waals surface area (Å²) < 4.78 is 4.78. The fraction of sp³-hybridized carbons (Fsp3) is 0.933. The standard InChI is InChI=1S/C15H29Cl2NO5Si/c1-2-24-11-9-7-5-3-4-6-8-10-18-12-13(22-23-20)21-15(19)14(16)17/h13-14,18,20H,2-12H2,1H3. The van der Waals surface area contributed by atoms with Crippen LogP contribution in [0.2, 0.25) is 12.1 Å². The number of hydrogen-bond donors (Lipinski definition) is 2. The summed E-state index contributed by atoms with van der Waals surface area (Å²) in [6.45, 7) is 3.17. The van der Waals surface area contributed by atoms with Gasteiger partial charge in [-0.25, -0.2) is 10.1 Å². The molecule has 0 amide bonds. The van der Waals surface area contributed by atoms with Crippen molar-refractivity contribution in [1.82, 2.24) is 5.32 Å². The van der Waals surface area contributed by atoms with Gasteiger partial charge in [-0.1, -0.05) is 85.8 Å². The first-order valence-corrected chi connectivity index (χ1v) is 10.8. The van der Waals surface area contributed by atoms with Gasteiger partial charge < -0.3 is 10.1 Å². The molecule has 142 valence electrons. The molecule has 0 aromatic heterocycles. The minimum absolute atomic E-state index is 0.172. The van der Waals surface area contributed by atoms with Gasteiger partial charge in [0.2, 0.25) is 11.1 Å². The molecule has 0 aromatic rings. The number of esters is 1. The zero-order valence-electron chi connectivity index (χ0n) is 14.3. The first-order chi connectivity index (χ1) is 11.6. The van der Waals surface area contributed by atoms with E-state index in [1.54, 1.807) is 0 Å². The summed E-state index contributed by atoms with van der Waals surface area (Å²) in [4.78, 5) is 14.3. The van der Waals surface area contributed by atoms with Crippen LogP contribution in [-0.4, -0.2) is 45.0 Å². The van der Waals surface area contributed by atoms with Crippen molar-refractivity contribution in [2.75, 3.05) is 13.1 Å². The quantitative estimate of drug-likeness (QED) is 0.0730. The summed E-state index contributed by atoms with van der Waals surface area (Å²) in [6.07, 6.45) is 7.61. The number of hydrogen-bond acceptors (Lipinski definition) is 6. The topological polar surface area (TPSA) is 77.0 Å². The van der Waals surface area contributed by atoms with E-state index in [0.29, 0.717) is 0 Å². The number of halogens is 2. The van der Waals surface area contributed by atoms with Crippen LogP contribution in [0.15, 0.2) is 0 Å². The molecule has 0 fully saturated rings. The van der Waals surface area contributed by atoms with E-state index in [1.165, 1.54) is 44.2 Å².